The summed E-state index contributed by atoms with van der Waals surface area (Å²) in [6.45, 7) is 0.428. The highest BCUT2D eigenvalue weighted by atomic mass is 19.4. The van der Waals surface area contributed by atoms with E-state index in [1.165, 1.54) is 21.8 Å². The Morgan fingerprint density at radius 2 is 2.16 bits per heavy atom. The molecule has 0 aliphatic carbocycles. The number of aromatic nitrogens is 3. The van der Waals surface area contributed by atoms with Gasteiger partial charge in [-0.1, -0.05) is 17.3 Å². The second-order valence-corrected chi connectivity index (χ2v) is 5.99. The van der Waals surface area contributed by atoms with Gasteiger partial charge in [-0.2, -0.15) is 13.2 Å². The van der Waals surface area contributed by atoms with Gasteiger partial charge in [0.15, 0.2) is 0 Å². The first-order chi connectivity index (χ1) is 11.8. The number of aliphatic hydroxyl groups excluding tert-OH is 1. The summed E-state index contributed by atoms with van der Waals surface area (Å²) in [6, 6.07) is 4.34. The summed E-state index contributed by atoms with van der Waals surface area (Å²) in [5.41, 5.74) is -0.387. The summed E-state index contributed by atoms with van der Waals surface area (Å²) in [5, 5.41) is 17.3. The molecule has 0 bridgehead atoms. The van der Waals surface area contributed by atoms with E-state index in [2.05, 4.69) is 10.3 Å². The molecule has 1 aliphatic heterocycles. The molecule has 0 spiro atoms. The van der Waals surface area contributed by atoms with Gasteiger partial charge in [-0.15, -0.1) is 5.10 Å². The van der Waals surface area contributed by atoms with Crippen molar-refractivity contribution in [1.82, 2.24) is 19.9 Å². The van der Waals surface area contributed by atoms with E-state index in [4.69, 9.17) is 0 Å². The summed E-state index contributed by atoms with van der Waals surface area (Å²) in [4.78, 5) is 13.9. The lowest BCUT2D eigenvalue weighted by Crippen LogP contribution is -2.32. The van der Waals surface area contributed by atoms with Crippen molar-refractivity contribution in [3.8, 4) is 0 Å². The molecule has 0 radical (unpaired) electrons. The Labute approximate surface area is 141 Å². The fourth-order valence-corrected chi connectivity index (χ4v) is 3.03. The molecule has 1 N–H and O–H groups in total. The molecule has 2 aromatic rings. The summed E-state index contributed by atoms with van der Waals surface area (Å²) in [5.74, 6) is -0.241. The van der Waals surface area contributed by atoms with Crippen molar-refractivity contribution in [2.75, 3.05) is 6.54 Å². The van der Waals surface area contributed by atoms with Crippen molar-refractivity contribution < 1.29 is 23.1 Å². The standard InChI is InChI=1S/C16H17F3N4O2/c17-16(18,19)12-3-1-2-11(8-12)14-9-13(24)10-23(14)15(25)4-6-22-7-5-20-21-22/h1-3,5,7-8,13-14,24H,4,6,9-10H2/t13-,14-/m0/s1. The molecule has 0 saturated carbocycles. The molecule has 1 saturated heterocycles. The predicted molar refractivity (Wildman–Crippen MR) is 81.2 cm³/mol. The van der Waals surface area contributed by atoms with E-state index in [0.29, 0.717) is 12.1 Å². The Kier molecular flexibility index (Phi) is 4.76. The lowest BCUT2D eigenvalue weighted by Gasteiger charge is -2.25. The predicted octanol–water partition coefficient (Wildman–Crippen LogP) is 2.02. The number of carbonyl (C=O) groups excluding carboxylic acids is 1. The maximum absolute atomic E-state index is 12.9. The first-order valence-corrected chi connectivity index (χ1v) is 7.83. The van der Waals surface area contributed by atoms with Gasteiger partial charge in [-0.25, -0.2) is 0 Å². The van der Waals surface area contributed by atoms with Gasteiger partial charge in [0.25, 0.3) is 0 Å². The number of aliphatic hydroxyl groups is 1. The van der Waals surface area contributed by atoms with E-state index in [-0.39, 0.29) is 25.3 Å². The van der Waals surface area contributed by atoms with Crippen LogP contribution in [0, 0.1) is 0 Å². The Hall–Kier alpha value is -2.42. The smallest absolute Gasteiger partial charge is 0.391 e. The maximum Gasteiger partial charge on any atom is 0.416 e. The van der Waals surface area contributed by atoms with E-state index in [0.717, 1.165) is 12.1 Å². The van der Waals surface area contributed by atoms with Crippen molar-refractivity contribution >= 4 is 5.91 Å². The molecule has 1 aliphatic rings. The highest BCUT2D eigenvalue weighted by molar-refractivity contribution is 5.77. The third-order valence-electron chi connectivity index (χ3n) is 4.22. The minimum absolute atomic E-state index is 0.108. The van der Waals surface area contributed by atoms with Gasteiger partial charge in [-0.05, 0) is 24.1 Å². The number of aryl methyl sites for hydroxylation is 1. The zero-order valence-electron chi connectivity index (χ0n) is 13.2. The number of β-amino-alcohol motifs (C(OH)–C–C–N with tert-alkyl or cyclic N) is 1. The van der Waals surface area contributed by atoms with Crippen LogP contribution in [0.1, 0.15) is 30.0 Å². The number of likely N-dealkylation sites (tertiary alicyclic amines) is 1. The zero-order valence-corrected chi connectivity index (χ0v) is 13.2. The number of alkyl halides is 3. The first kappa shape index (κ1) is 17.4. The van der Waals surface area contributed by atoms with Crippen LogP contribution in [-0.2, 0) is 17.5 Å². The van der Waals surface area contributed by atoms with Crippen LogP contribution < -0.4 is 0 Å². The van der Waals surface area contributed by atoms with Crippen LogP contribution in [0.4, 0.5) is 13.2 Å². The first-order valence-electron chi connectivity index (χ1n) is 7.83. The molecule has 1 aromatic carbocycles. The Balaban J connectivity index is 1.76. The zero-order chi connectivity index (χ0) is 18.0. The molecule has 0 unspecified atom stereocenters. The number of carbonyl (C=O) groups is 1. The van der Waals surface area contributed by atoms with Crippen LogP contribution in [0.5, 0.6) is 0 Å². The third-order valence-corrected chi connectivity index (χ3v) is 4.22. The third kappa shape index (κ3) is 3.98. The Morgan fingerprint density at radius 3 is 2.84 bits per heavy atom. The number of rotatable bonds is 4. The van der Waals surface area contributed by atoms with E-state index < -0.39 is 23.9 Å². The number of benzene rings is 1. The number of halogens is 3. The number of nitrogens with zero attached hydrogens (tertiary/aromatic N) is 4. The lowest BCUT2D eigenvalue weighted by atomic mass is 10.0. The number of hydrogen-bond acceptors (Lipinski definition) is 4. The molecule has 2 atom stereocenters. The van der Waals surface area contributed by atoms with Gasteiger partial charge in [-0.3, -0.25) is 9.48 Å². The van der Waals surface area contributed by atoms with Crippen molar-refractivity contribution in [3.63, 3.8) is 0 Å². The molecule has 1 aromatic heterocycles. The van der Waals surface area contributed by atoms with Crippen molar-refractivity contribution in [1.29, 1.82) is 0 Å². The summed E-state index contributed by atoms with van der Waals surface area (Å²) in [6.07, 6.45) is -1.74. The molecular formula is C16H17F3N4O2. The van der Waals surface area contributed by atoms with Gasteiger partial charge in [0, 0.05) is 19.2 Å². The van der Waals surface area contributed by atoms with Crippen LogP contribution in [0.15, 0.2) is 36.7 Å². The SMILES string of the molecule is O=C(CCn1ccnn1)N1C[C@@H](O)C[C@H]1c1cccc(C(F)(F)F)c1. The van der Waals surface area contributed by atoms with Crippen LogP contribution in [0.25, 0.3) is 0 Å². The molecule has 25 heavy (non-hydrogen) atoms. The highest BCUT2D eigenvalue weighted by Crippen LogP contribution is 2.36. The van der Waals surface area contributed by atoms with Gasteiger partial charge in [0.05, 0.1) is 30.5 Å². The normalized spacial score (nSPS) is 20.9. The molecular weight excluding hydrogens is 337 g/mol. The Morgan fingerprint density at radius 1 is 1.36 bits per heavy atom. The fraction of sp³-hybridized carbons (Fsp3) is 0.438. The number of amides is 1. The topological polar surface area (TPSA) is 71.2 Å². The van der Waals surface area contributed by atoms with Crippen molar-refractivity contribution in [2.24, 2.45) is 0 Å². The second-order valence-electron chi connectivity index (χ2n) is 5.99. The Bertz CT molecular complexity index is 733. The van der Waals surface area contributed by atoms with E-state index >= 15 is 0 Å². The molecule has 134 valence electrons. The fourth-order valence-electron chi connectivity index (χ4n) is 3.03. The minimum atomic E-state index is -4.45. The highest BCUT2D eigenvalue weighted by Gasteiger charge is 2.37. The molecule has 1 fully saturated rings. The summed E-state index contributed by atoms with van der Waals surface area (Å²) in [7, 11) is 0. The van der Waals surface area contributed by atoms with Gasteiger partial charge >= 0.3 is 6.18 Å². The van der Waals surface area contributed by atoms with Gasteiger partial charge in [0.1, 0.15) is 0 Å². The quantitative estimate of drug-likeness (QED) is 0.912. The van der Waals surface area contributed by atoms with E-state index in [1.807, 2.05) is 0 Å². The maximum atomic E-state index is 12.9. The van der Waals surface area contributed by atoms with Crippen LogP contribution in [0.2, 0.25) is 0 Å². The van der Waals surface area contributed by atoms with E-state index in [1.54, 1.807) is 12.3 Å². The molecule has 9 heteroatoms. The minimum Gasteiger partial charge on any atom is -0.391 e. The largest absolute Gasteiger partial charge is 0.416 e. The van der Waals surface area contributed by atoms with Crippen LogP contribution in [-0.4, -0.2) is 43.6 Å². The average molecular weight is 354 g/mol. The molecule has 3 rings (SSSR count). The second kappa shape index (κ2) is 6.83. The van der Waals surface area contributed by atoms with Gasteiger partial charge in [0.2, 0.25) is 5.91 Å². The van der Waals surface area contributed by atoms with Gasteiger partial charge < -0.3 is 10.0 Å². The molecule has 2 heterocycles. The van der Waals surface area contributed by atoms with Crippen LogP contribution in [0.3, 0.4) is 0 Å². The molecule has 6 nitrogen and oxygen atoms in total. The van der Waals surface area contributed by atoms with Crippen LogP contribution >= 0.6 is 0 Å². The summed E-state index contributed by atoms with van der Waals surface area (Å²) < 4.78 is 40.3. The van der Waals surface area contributed by atoms with Crippen molar-refractivity contribution in [2.45, 2.75) is 37.7 Å². The number of hydrogen-bond donors (Lipinski definition) is 1. The van der Waals surface area contributed by atoms with Crippen molar-refractivity contribution in [3.05, 3.63) is 47.8 Å². The monoisotopic (exact) mass is 354 g/mol. The van der Waals surface area contributed by atoms with E-state index in [9.17, 15) is 23.1 Å². The molecule has 1 amide bonds. The lowest BCUT2D eigenvalue weighted by molar-refractivity contribution is -0.137. The summed E-state index contributed by atoms with van der Waals surface area (Å²) >= 11 is 0. The average Bonchev–Trinajstić information content (AvgIpc) is 3.21.